The SMILES string of the molecule is Cc1nc(=S)c2cccc(Br)c2[nH]1. The minimum atomic E-state index is 0.646. The molecular weight excluding hydrogens is 248 g/mol. The summed E-state index contributed by atoms with van der Waals surface area (Å²) >= 11 is 8.61. The first-order valence-corrected chi connectivity index (χ1v) is 5.04. The molecule has 0 amide bonds. The monoisotopic (exact) mass is 254 g/mol. The first-order valence-electron chi connectivity index (χ1n) is 3.83. The van der Waals surface area contributed by atoms with E-state index >= 15 is 0 Å². The second-order valence-corrected chi connectivity index (χ2v) is 4.03. The predicted molar refractivity (Wildman–Crippen MR) is 59.4 cm³/mol. The molecule has 0 spiro atoms. The molecule has 0 saturated heterocycles. The summed E-state index contributed by atoms with van der Waals surface area (Å²) in [4.78, 5) is 7.36. The summed E-state index contributed by atoms with van der Waals surface area (Å²) in [6.45, 7) is 1.90. The van der Waals surface area contributed by atoms with Gasteiger partial charge in [-0.3, -0.25) is 0 Å². The van der Waals surface area contributed by atoms with E-state index in [-0.39, 0.29) is 0 Å². The average Bonchev–Trinajstić information content (AvgIpc) is 2.07. The standard InChI is InChI=1S/C9H7BrN2S/c1-5-11-8-6(9(13)12-5)3-2-4-7(8)10/h2-4H,1H3,(H,11,12,13). The quantitative estimate of drug-likeness (QED) is 0.731. The van der Waals surface area contributed by atoms with Crippen molar-refractivity contribution in [1.29, 1.82) is 0 Å². The Morgan fingerprint density at radius 2 is 2.23 bits per heavy atom. The van der Waals surface area contributed by atoms with Crippen molar-refractivity contribution in [2.24, 2.45) is 0 Å². The molecular formula is C9H7BrN2S. The van der Waals surface area contributed by atoms with E-state index in [1.165, 1.54) is 0 Å². The van der Waals surface area contributed by atoms with Gasteiger partial charge in [0.2, 0.25) is 0 Å². The maximum atomic E-state index is 5.15. The van der Waals surface area contributed by atoms with Gasteiger partial charge in [0.25, 0.3) is 0 Å². The van der Waals surface area contributed by atoms with E-state index in [0.717, 1.165) is 21.2 Å². The number of benzene rings is 1. The summed E-state index contributed by atoms with van der Waals surface area (Å²) in [5, 5.41) is 0.981. The summed E-state index contributed by atoms with van der Waals surface area (Å²) in [6.07, 6.45) is 0. The molecule has 4 heteroatoms. The third-order valence-electron chi connectivity index (χ3n) is 1.82. The van der Waals surface area contributed by atoms with Crippen LogP contribution in [-0.2, 0) is 0 Å². The van der Waals surface area contributed by atoms with Crippen LogP contribution in [0.1, 0.15) is 5.82 Å². The van der Waals surface area contributed by atoms with Gasteiger partial charge in [-0.25, -0.2) is 4.98 Å². The first kappa shape index (κ1) is 8.84. The van der Waals surface area contributed by atoms with Crippen LogP contribution in [0.5, 0.6) is 0 Å². The Bertz CT molecular complexity index is 518. The molecule has 1 aromatic carbocycles. The number of para-hydroxylation sites is 1. The lowest BCUT2D eigenvalue weighted by Gasteiger charge is -2.01. The first-order chi connectivity index (χ1) is 6.18. The molecule has 2 nitrogen and oxygen atoms in total. The van der Waals surface area contributed by atoms with Gasteiger partial charge in [-0.15, -0.1) is 0 Å². The smallest absolute Gasteiger partial charge is 0.137 e. The van der Waals surface area contributed by atoms with Crippen LogP contribution in [0, 0.1) is 11.6 Å². The normalized spacial score (nSPS) is 10.6. The minimum Gasteiger partial charge on any atom is -0.342 e. The van der Waals surface area contributed by atoms with E-state index in [0.29, 0.717) is 4.64 Å². The average molecular weight is 255 g/mol. The Balaban J connectivity index is 3.03. The highest BCUT2D eigenvalue weighted by Crippen LogP contribution is 2.21. The van der Waals surface area contributed by atoms with E-state index in [2.05, 4.69) is 25.9 Å². The molecule has 1 aromatic heterocycles. The number of fused-ring (bicyclic) bond motifs is 1. The molecule has 2 aromatic rings. The molecule has 0 radical (unpaired) electrons. The van der Waals surface area contributed by atoms with Crippen LogP contribution in [-0.4, -0.2) is 9.97 Å². The van der Waals surface area contributed by atoms with Crippen molar-refractivity contribution >= 4 is 39.1 Å². The fourth-order valence-electron chi connectivity index (χ4n) is 1.25. The van der Waals surface area contributed by atoms with E-state index in [4.69, 9.17) is 12.2 Å². The summed E-state index contributed by atoms with van der Waals surface area (Å²) in [5.41, 5.74) is 1.01. The topological polar surface area (TPSA) is 28.7 Å². The Hall–Kier alpha value is -0.740. The molecule has 13 heavy (non-hydrogen) atoms. The molecule has 1 heterocycles. The Kier molecular flexibility index (Phi) is 2.17. The van der Waals surface area contributed by atoms with Crippen molar-refractivity contribution in [1.82, 2.24) is 9.97 Å². The van der Waals surface area contributed by atoms with Crippen molar-refractivity contribution in [3.05, 3.63) is 33.1 Å². The molecule has 0 aliphatic carbocycles. The minimum absolute atomic E-state index is 0.646. The number of rotatable bonds is 0. The van der Waals surface area contributed by atoms with Crippen LogP contribution in [0.3, 0.4) is 0 Å². The zero-order valence-corrected chi connectivity index (χ0v) is 9.37. The van der Waals surface area contributed by atoms with Crippen LogP contribution in [0.4, 0.5) is 0 Å². The van der Waals surface area contributed by atoms with Crippen molar-refractivity contribution in [2.45, 2.75) is 6.92 Å². The molecule has 0 unspecified atom stereocenters. The maximum absolute atomic E-state index is 5.15. The van der Waals surface area contributed by atoms with Crippen LogP contribution in [0.2, 0.25) is 0 Å². The predicted octanol–water partition coefficient (Wildman–Crippen LogP) is 3.36. The van der Waals surface area contributed by atoms with Gasteiger partial charge in [0, 0.05) is 9.86 Å². The van der Waals surface area contributed by atoms with E-state index in [9.17, 15) is 0 Å². The van der Waals surface area contributed by atoms with Gasteiger partial charge in [-0.2, -0.15) is 0 Å². The molecule has 0 fully saturated rings. The summed E-state index contributed by atoms with van der Waals surface area (Å²) in [6, 6.07) is 5.89. The number of nitrogens with zero attached hydrogens (tertiary/aromatic N) is 1. The van der Waals surface area contributed by atoms with Crippen molar-refractivity contribution in [3.63, 3.8) is 0 Å². The van der Waals surface area contributed by atoms with Gasteiger partial charge >= 0.3 is 0 Å². The highest BCUT2D eigenvalue weighted by Gasteiger charge is 2.00. The van der Waals surface area contributed by atoms with Crippen LogP contribution >= 0.6 is 28.1 Å². The number of nitrogens with one attached hydrogen (secondary N) is 1. The highest BCUT2D eigenvalue weighted by molar-refractivity contribution is 9.10. The fourth-order valence-corrected chi connectivity index (χ4v) is 2.02. The number of aromatic amines is 1. The lowest BCUT2D eigenvalue weighted by Crippen LogP contribution is -1.90. The van der Waals surface area contributed by atoms with Crippen molar-refractivity contribution in [2.75, 3.05) is 0 Å². The molecule has 66 valence electrons. The van der Waals surface area contributed by atoms with Crippen LogP contribution in [0.15, 0.2) is 22.7 Å². The summed E-state index contributed by atoms with van der Waals surface area (Å²) < 4.78 is 1.66. The van der Waals surface area contributed by atoms with Crippen LogP contribution < -0.4 is 0 Å². The van der Waals surface area contributed by atoms with E-state index in [1.54, 1.807) is 0 Å². The molecule has 0 saturated carbocycles. The summed E-state index contributed by atoms with van der Waals surface area (Å²) in [7, 11) is 0. The van der Waals surface area contributed by atoms with Crippen molar-refractivity contribution in [3.8, 4) is 0 Å². The number of aryl methyl sites for hydroxylation is 1. The molecule has 0 aliphatic rings. The van der Waals surface area contributed by atoms with E-state index in [1.807, 2.05) is 25.1 Å². The molecule has 0 aliphatic heterocycles. The Morgan fingerprint density at radius 1 is 1.46 bits per heavy atom. The largest absolute Gasteiger partial charge is 0.342 e. The van der Waals surface area contributed by atoms with E-state index < -0.39 is 0 Å². The van der Waals surface area contributed by atoms with Gasteiger partial charge in [-0.05, 0) is 35.0 Å². The second-order valence-electron chi connectivity index (χ2n) is 2.79. The maximum Gasteiger partial charge on any atom is 0.137 e. The number of hydrogen-bond donors (Lipinski definition) is 1. The fraction of sp³-hybridized carbons (Fsp3) is 0.111. The number of H-pyrrole nitrogens is 1. The number of hydrogen-bond acceptors (Lipinski definition) is 2. The molecule has 1 N–H and O–H groups in total. The van der Waals surface area contributed by atoms with Crippen molar-refractivity contribution < 1.29 is 0 Å². The molecule has 0 bridgehead atoms. The summed E-state index contributed by atoms with van der Waals surface area (Å²) in [5.74, 6) is 0.837. The van der Waals surface area contributed by atoms with Gasteiger partial charge in [0.05, 0.1) is 5.52 Å². The lowest BCUT2D eigenvalue weighted by molar-refractivity contribution is 1.08. The third kappa shape index (κ3) is 1.51. The molecule has 2 rings (SSSR count). The van der Waals surface area contributed by atoms with Gasteiger partial charge < -0.3 is 4.98 Å². The lowest BCUT2D eigenvalue weighted by atomic mass is 10.2. The highest BCUT2D eigenvalue weighted by atomic mass is 79.9. The number of halogens is 1. The Labute approximate surface area is 89.1 Å². The van der Waals surface area contributed by atoms with Gasteiger partial charge in [0.15, 0.2) is 0 Å². The molecule has 0 atom stereocenters. The number of aromatic nitrogens is 2. The Morgan fingerprint density at radius 3 is 3.00 bits per heavy atom. The van der Waals surface area contributed by atoms with Gasteiger partial charge in [-0.1, -0.05) is 18.3 Å². The zero-order chi connectivity index (χ0) is 9.42. The second kappa shape index (κ2) is 3.20. The zero-order valence-electron chi connectivity index (χ0n) is 6.97. The third-order valence-corrected chi connectivity index (χ3v) is 2.79. The van der Waals surface area contributed by atoms with Crippen LogP contribution in [0.25, 0.3) is 10.9 Å². The van der Waals surface area contributed by atoms with Gasteiger partial charge in [0.1, 0.15) is 10.5 Å².